The van der Waals surface area contributed by atoms with Gasteiger partial charge >= 0.3 is 5.97 Å². The number of esters is 1. The number of carbonyl (C=O) groups excluding carboxylic acids is 1. The van der Waals surface area contributed by atoms with Gasteiger partial charge < -0.3 is 4.74 Å². The quantitative estimate of drug-likeness (QED) is 0.124. The van der Waals surface area contributed by atoms with Gasteiger partial charge in [-0.05, 0) is 52.9 Å². The van der Waals surface area contributed by atoms with Crippen LogP contribution in [0.15, 0.2) is 12.2 Å². The summed E-state index contributed by atoms with van der Waals surface area (Å²) in [5.74, 6) is -0.0477. The van der Waals surface area contributed by atoms with Gasteiger partial charge in [-0.15, -0.1) is 0 Å². The fourth-order valence-corrected chi connectivity index (χ4v) is 3.44. The lowest BCUT2D eigenvalue weighted by Crippen LogP contribution is -2.23. The topological polar surface area (TPSA) is 26.3 Å². The molecule has 0 atom stereocenters. The highest BCUT2D eigenvalue weighted by Crippen LogP contribution is 2.14. The first-order valence-corrected chi connectivity index (χ1v) is 12.3. The minimum Gasteiger partial charge on any atom is -0.460 e. The molecule has 2 heteroatoms. The molecular weight excluding hydrogens is 344 g/mol. The Kier molecular flexibility index (Phi) is 19.0. The molecule has 0 radical (unpaired) electrons. The van der Waals surface area contributed by atoms with Crippen molar-refractivity contribution >= 4 is 5.97 Å². The van der Waals surface area contributed by atoms with Crippen LogP contribution in [0.3, 0.4) is 0 Å². The van der Waals surface area contributed by atoms with E-state index in [-0.39, 0.29) is 11.6 Å². The molecule has 0 saturated heterocycles. The van der Waals surface area contributed by atoms with Crippen molar-refractivity contribution < 1.29 is 9.53 Å². The lowest BCUT2D eigenvalue weighted by molar-refractivity contribution is -0.154. The fourth-order valence-electron chi connectivity index (χ4n) is 3.44. The van der Waals surface area contributed by atoms with Crippen LogP contribution in [0.1, 0.15) is 143 Å². The van der Waals surface area contributed by atoms with Crippen molar-refractivity contribution in [2.45, 2.75) is 149 Å². The van der Waals surface area contributed by atoms with E-state index in [0.717, 1.165) is 12.8 Å². The third-order valence-corrected chi connectivity index (χ3v) is 5.06. The first-order valence-electron chi connectivity index (χ1n) is 12.3. The van der Waals surface area contributed by atoms with Crippen LogP contribution in [0, 0.1) is 0 Å². The molecule has 0 saturated carbocycles. The zero-order chi connectivity index (χ0) is 20.9. The van der Waals surface area contributed by atoms with E-state index in [4.69, 9.17) is 4.74 Å². The maximum Gasteiger partial charge on any atom is 0.306 e. The van der Waals surface area contributed by atoms with Crippen LogP contribution in [-0.4, -0.2) is 11.6 Å². The molecule has 2 nitrogen and oxygen atoms in total. The van der Waals surface area contributed by atoms with E-state index in [0.29, 0.717) is 6.42 Å². The SMILES string of the molecule is CCCCCCCC/C=C/CCCCCCCCCCCC(=O)OC(C)(C)C. The Morgan fingerprint density at radius 1 is 0.643 bits per heavy atom. The Balaban J connectivity index is 3.19. The first-order chi connectivity index (χ1) is 13.5. The monoisotopic (exact) mass is 394 g/mol. The van der Waals surface area contributed by atoms with Gasteiger partial charge in [0, 0.05) is 6.42 Å². The van der Waals surface area contributed by atoms with Crippen LogP contribution in [0.5, 0.6) is 0 Å². The Hall–Kier alpha value is -0.790. The van der Waals surface area contributed by atoms with Gasteiger partial charge in [0.15, 0.2) is 0 Å². The molecule has 0 N–H and O–H groups in total. The number of rotatable bonds is 19. The predicted octanol–water partition coefficient (Wildman–Crippen LogP) is 8.93. The number of hydrogen-bond donors (Lipinski definition) is 0. The zero-order valence-electron chi connectivity index (χ0n) is 19.7. The van der Waals surface area contributed by atoms with Crippen LogP contribution in [0.2, 0.25) is 0 Å². The molecule has 0 unspecified atom stereocenters. The molecule has 0 rings (SSSR count). The molecule has 0 bridgehead atoms. The van der Waals surface area contributed by atoms with Crippen molar-refractivity contribution in [1.29, 1.82) is 0 Å². The summed E-state index contributed by atoms with van der Waals surface area (Å²) in [5.41, 5.74) is -0.346. The van der Waals surface area contributed by atoms with Gasteiger partial charge in [0.2, 0.25) is 0 Å². The second-order valence-electron chi connectivity index (χ2n) is 9.33. The molecule has 0 spiro atoms. The molecule has 0 amide bonds. The van der Waals surface area contributed by atoms with Crippen LogP contribution in [0.25, 0.3) is 0 Å². The Bertz CT molecular complexity index is 365. The van der Waals surface area contributed by atoms with Gasteiger partial charge in [-0.2, -0.15) is 0 Å². The molecular formula is C26H50O2. The van der Waals surface area contributed by atoms with E-state index >= 15 is 0 Å². The molecule has 0 aliphatic carbocycles. The first kappa shape index (κ1) is 27.2. The van der Waals surface area contributed by atoms with Crippen molar-refractivity contribution in [2.75, 3.05) is 0 Å². The summed E-state index contributed by atoms with van der Waals surface area (Å²) < 4.78 is 5.33. The third kappa shape index (κ3) is 23.2. The van der Waals surface area contributed by atoms with Crippen LogP contribution >= 0.6 is 0 Å². The minimum atomic E-state index is -0.346. The second-order valence-corrected chi connectivity index (χ2v) is 9.33. The largest absolute Gasteiger partial charge is 0.460 e. The number of carbonyl (C=O) groups is 1. The molecule has 0 aliphatic rings. The van der Waals surface area contributed by atoms with Gasteiger partial charge in [-0.3, -0.25) is 4.79 Å². The van der Waals surface area contributed by atoms with Crippen molar-refractivity contribution in [1.82, 2.24) is 0 Å². The lowest BCUT2D eigenvalue weighted by atomic mass is 10.1. The van der Waals surface area contributed by atoms with E-state index < -0.39 is 0 Å². The van der Waals surface area contributed by atoms with Gasteiger partial charge in [-0.25, -0.2) is 0 Å². The standard InChI is InChI=1S/C26H50O2/c1-5-6-7-8-9-10-11-12-13-14-15-16-17-18-19-20-21-22-23-24-25(27)28-26(2,3)4/h12-13H,5-11,14-24H2,1-4H3/b13-12+. The van der Waals surface area contributed by atoms with Gasteiger partial charge in [0.1, 0.15) is 5.60 Å². The highest BCUT2D eigenvalue weighted by molar-refractivity contribution is 5.69. The van der Waals surface area contributed by atoms with Gasteiger partial charge in [0.25, 0.3) is 0 Å². The van der Waals surface area contributed by atoms with Crippen molar-refractivity contribution in [2.24, 2.45) is 0 Å². The smallest absolute Gasteiger partial charge is 0.306 e. The summed E-state index contributed by atoms with van der Waals surface area (Å²) in [5, 5.41) is 0. The van der Waals surface area contributed by atoms with Gasteiger partial charge in [0.05, 0.1) is 0 Å². The highest BCUT2D eigenvalue weighted by Gasteiger charge is 2.15. The minimum absolute atomic E-state index is 0.0477. The number of unbranched alkanes of at least 4 members (excludes halogenated alkanes) is 15. The van der Waals surface area contributed by atoms with Crippen LogP contribution in [-0.2, 0) is 9.53 Å². The Morgan fingerprint density at radius 2 is 1.04 bits per heavy atom. The van der Waals surface area contributed by atoms with Gasteiger partial charge in [-0.1, -0.05) is 96.1 Å². The number of hydrogen-bond acceptors (Lipinski definition) is 2. The fraction of sp³-hybridized carbons (Fsp3) is 0.885. The second kappa shape index (κ2) is 19.5. The van der Waals surface area contributed by atoms with E-state index in [1.807, 2.05) is 20.8 Å². The summed E-state index contributed by atoms with van der Waals surface area (Å²) in [6.45, 7) is 8.06. The normalized spacial score (nSPS) is 12.0. The maximum absolute atomic E-state index is 11.6. The molecule has 0 aromatic heterocycles. The molecule has 0 aliphatic heterocycles. The summed E-state index contributed by atoms with van der Waals surface area (Å²) in [6, 6.07) is 0. The third-order valence-electron chi connectivity index (χ3n) is 5.06. The van der Waals surface area contributed by atoms with Crippen molar-refractivity contribution in [3.63, 3.8) is 0 Å². The van der Waals surface area contributed by atoms with E-state index in [1.54, 1.807) is 0 Å². The van der Waals surface area contributed by atoms with Crippen LogP contribution < -0.4 is 0 Å². The zero-order valence-corrected chi connectivity index (χ0v) is 19.7. The molecule has 166 valence electrons. The molecule has 0 heterocycles. The van der Waals surface area contributed by atoms with E-state index in [2.05, 4.69) is 19.1 Å². The predicted molar refractivity (Wildman–Crippen MR) is 124 cm³/mol. The average molecular weight is 395 g/mol. The van der Waals surface area contributed by atoms with Crippen LogP contribution in [0.4, 0.5) is 0 Å². The highest BCUT2D eigenvalue weighted by atomic mass is 16.6. The number of ether oxygens (including phenoxy) is 1. The summed E-state index contributed by atoms with van der Waals surface area (Å²) in [4.78, 5) is 11.6. The van der Waals surface area contributed by atoms with E-state index in [9.17, 15) is 4.79 Å². The Morgan fingerprint density at radius 3 is 1.46 bits per heavy atom. The number of allylic oxidation sites excluding steroid dienone is 2. The average Bonchev–Trinajstić information content (AvgIpc) is 2.62. The molecule has 0 fully saturated rings. The van der Waals surface area contributed by atoms with E-state index in [1.165, 1.54) is 96.3 Å². The Labute approximate surface area is 176 Å². The van der Waals surface area contributed by atoms with Crippen molar-refractivity contribution in [3.8, 4) is 0 Å². The lowest BCUT2D eigenvalue weighted by Gasteiger charge is -2.19. The molecule has 0 aromatic carbocycles. The summed E-state index contributed by atoms with van der Waals surface area (Å²) in [7, 11) is 0. The molecule has 0 aromatic rings. The summed E-state index contributed by atoms with van der Waals surface area (Å²) in [6.07, 6.45) is 27.8. The summed E-state index contributed by atoms with van der Waals surface area (Å²) >= 11 is 0. The molecule has 28 heavy (non-hydrogen) atoms. The van der Waals surface area contributed by atoms with Crippen molar-refractivity contribution in [3.05, 3.63) is 12.2 Å². The maximum atomic E-state index is 11.6.